The largest absolute Gasteiger partial charge is 0.353 e. The molecule has 1 aliphatic rings. The highest BCUT2D eigenvalue weighted by Gasteiger charge is 2.22. The fourth-order valence-electron chi connectivity index (χ4n) is 0.868. The molecule has 0 bridgehead atoms. The van der Waals surface area contributed by atoms with Gasteiger partial charge in [-0.05, 0) is 12.8 Å². The smallest absolute Gasteiger partial charge is 0.328 e. The first kappa shape index (κ1) is 9.79. The predicted octanol–water partition coefficient (Wildman–Crippen LogP) is -1.17. The van der Waals surface area contributed by atoms with E-state index in [4.69, 9.17) is 5.84 Å². The molecule has 1 fully saturated rings. The van der Waals surface area contributed by atoms with Crippen molar-refractivity contribution in [2.24, 2.45) is 5.84 Å². The molecule has 0 aromatic heterocycles. The standard InChI is InChI=1S/C7H14N4O2/c8-11-7(13)9-4-3-6(12)10-5-1-2-5/h5H,1-4,8H2,(H,10,12)(H2,9,11,13). The minimum absolute atomic E-state index is 0.0279. The van der Waals surface area contributed by atoms with Crippen LogP contribution in [0.4, 0.5) is 4.79 Å². The molecule has 6 nitrogen and oxygen atoms in total. The summed E-state index contributed by atoms with van der Waals surface area (Å²) >= 11 is 0. The lowest BCUT2D eigenvalue weighted by Gasteiger charge is -2.04. The number of carbonyl (C=O) groups excluding carboxylic acids is 2. The second-order valence-electron chi connectivity index (χ2n) is 2.99. The van der Waals surface area contributed by atoms with E-state index < -0.39 is 6.03 Å². The van der Waals surface area contributed by atoms with Crippen LogP contribution < -0.4 is 21.9 Å². The Morgan fingerprint density at radius 3 is 2.62 bits per heavy atom. The number of nitrogens with two attached hydrogens (primary N) is 1. The Balaban J connectivity index is 1.97. The Hall–Kier alpha value is -1.30. The van der Waals surface area contributed by atoms with E-state index >= 15 is 0 Å². The van der Waals surface area contributed by atoms with E-state index in [-0.39, 0.29) is 5.91 Å². The Morgan fingerprint density at radius 1 is 1.38 bits per heavy atom. The van der Waals surface area contributed by atoms with Crippen LogP contribution in [-0.4, -0.2) is 24.5 Å². The summed E-state index contributed by atoms with van der Waals surface area (Å²) in [6, 6.07) is -0.102. The van der Waals surface area contributed by atoms with Gasteiger partial charge in [0.05, 0.1) is 0 Å². The Kier molecular flexibility index (Phi) is 3.51. The van der Waals surface area contributed by atoms with E-state index in [0.29, 0.717) is 19.0 Å². The number of amides is 3. The molecule has 0 saturated heterocycles. The summed E-state index contributed by atoms with van der Waals surface area (Å²) in [6.45, 7) is 0.307. The molecule has 5 N–H and O–H groups in total. The van der Waals surface area contributed by atoms with Crippen LogP contribution in [-0.2, 0) is 4.79 Å². The van der Waals surface area contributed by atoms with Crippen LogP contribution in [0, 0.1) is 0 Å². The third kappa shape index (κ3) is 4.32. The second kappa shape index (κ2) is 4.66. The summed E-state index contributed by atoms with van der Waals surface area (Å²) in [5.74, 6) is 4.79. The van der Waals surface area contributed by atoms with Gasteiger partial charge in [-0.3, -0.25) is 10.2 Å². The highest BCUT2D eigenvalue weighted by Crippen LogP contribution is 2.18. The van der Waals surface area contributed by atoms with E-state index in [1.54, 1.807) is 0 Å². The molecule has 0 unspecified atom stereocenters. The topological polar surface area (TPSA) is 96.2 Å². The fraction of sp³-hybridized carbons (Fsp3) is 0.714. The summed E-state index contributed by atoms with van der Waals surface area (Å²) in [5.41, 5.74) is 1.91. The maximum atomic E-state index is 11.0. The maximum Gasteiger partial charge on any atom is 0.328 e. The van der Waals surface area contributed by atoms with Crippen molar-refractivity contribution in [2.75, 3.05) is 6.54 Å². The summed E-state index contributed by atoms with van der Waals surface area (Å²) < 4.78 is 0. The molecule has 0 radical (unpaired) electrons. The Morgan fingerprint density at radius 2 is 2.08 bits per heavy atom. The molecule has 74 valence electrons. The van der Waals surface area contributed by atoms with Crippen LogP contribution in [0.3, 0.4) is 0 Å². The van der Waals surface area contributed by atoms with Crippen LogP contribution in [0.1, 0.15) is 19.3 Å². The monoisotopic (exact) mass is 186 g/mol. The molecule has 0 aliphatic heterocycles. The lowest BCUT2D eigenvalue weighted by Crippen LogP contribution is -2.41. The molecule has 0 aromatic carbocycles. The maximum absolute atomic E-state index is 11.0. The van der Waals surface area contributed by atoms with Gasteiger partial charge in [0.15, 0.2) is 0 Å². The van der Waals surface area contributed by atoms with Crippen molar-refractivity contribution >= 4 is 11.9 Å². The minimum atomic E-state index is -0.473. The number of hydrogen-bond acceptors (Lipinski definition) is 3. The molecule has 3 amide bonds. The van der Waals surface area contributed by atoms with Gasteiger partial charge in [0.1, 0.15) is 0 Å². The third-order valence-corrected chi connectivity index (χ3v) is 1.71. The molecular formula is C7H14N4O2. The van der Waals surface area contributed by atoms with Crippen molar-refractivity contribution < 1.29 is 9.59 Å². The van der Waals surface area contributed by atoms with Gasteiger partial charge >= 0.3 is 6.03 Å². The molecular weight excluding hydrogens is 172 g/mol. The molecule has 1 saturated carbocycles. The van der Waals surface area contributed by atoms with Gasteiger partial charge in [-0.1, -0.05) is 0 Å². The first-order valence-corrected chi connectivity index (χ1v) is 4.26. The Labute approximate surface area is 76.2 Å². The van der Waals surface area contributed by atoms with Crippen LogP contribution in [0.2, 0.25) is 0 Å². The lowest BCUT2D eigenvalue weighted by atomic mass is 10.4. The molecule has 0 aromatic rings. The normalized spacial score (nSPS) is 14.8. The van der Waals surface area contributed by atoms with E-state index in [9.17, 15) is 9.59 Å². The number of rotatable bonds is 4. The average Bonchev–Trinajstić information content (AvgIpc) is 2.88. The molecule has 1 aliphatic carbocycles. The highest BCUT2D eigenvalue weighted by molar-refractivity contribution is 5.78. The molecule has 13 heavy (non-hydrogen) atoms. The first-order chi connectivity index (χ1) is 6.22. The van der Waals surface area contributed by atoms with Crippen molar-refractivity contribution in [3.05, 3.63) is 0 Å². The van der Waals surface area contributed by atoms with Crippen LogP contribution >= 0.6 is 0 Å². The SMILES string of the molecule is NNC(=O)NCCC(=O)NC1CC1. The van der Waals surface area contributed by atoms with Gasteiger partial charge in [0.2, 0.25) is 5.91 Å². The van der Waals surface area contributed by atoms with Crippen molar-refractivity contribution in [3.63, 3.8) is 0 Å². The van der Waals surface area contributed by atoms with E-state index in [0.717, 1.165) is 12.8 Å². The highest BCUT2D eigenvalue weighted by atomic mass is 16.2. The summed E-state index contributed by atoms with van der Waals surface area (Å²) in [5, 5.41) is 5.22. The number of nitrogens with one attached hydrogen (secondary N) is 3. The van der Waals surface area contributed by atoms with Gasteiger partial charge in [-0.15, -0.1) is 0 Å². The van der Waals surface area contributed by atoms with E-state index in [1.807, 2.05) is 5.43 Å². The van der Waals surface area contributed by atoms with Crippen LogP contribution in [0.5, 0.6) is 0 Å². The molecule has 6 heteroatoms. The van der Waals surface area contributed by atoms with Crippen molar-refractivity contribution in [1.29, 1.82) is 0 Å². The van der Waals surface area contributed by atoms with Gasteiger partial charge in [-0.2, -0.15) is 0 Å². The molecule has 0 heterocycles. The second-order valence-corrected chi connectivity index (χ2v) is 2.99. The summed E-state index contributed by atoms with van der Waals surface area (Å²) in [4.78, 5) is 21.6. The van der Waals surface area contributed by atoms with Crippen molar-refractivity contribution in [1.82, 2.24) is 16.1 Å². The van der Waals surface area contributed by atoms with Crippen LogP contribution in [0.15, 0.2) is 0 Å². The summed E-state index contributed by atoms with van der Waals surface area (Å²) in [6.07, 6.45) is 2.44. The quantitative estimate of drug-likeness (QED) is 0.253. The van der Waals surface area contributed by atoms with Gasteiger partial charge in [-0.25, -0.2) is 10.6 Å². The lowest BCUT2D eigenvalue weighted by molar-refractivity contribution is -0.121. The van der Waals surface area contributed by atoms with Gasteiger partial charge < -0.3 is 10.6 Å². The van der Waals surface area contributed by atoms with E-state index in [2.05, 4.69) is 10.6 Å². The molecule has 1 rings (SSSR count). The zero-order valence-electron chi connectivity index (χ0n) is 7.30. The van der Waals surface area contributed by atoms with Crippen molar-refractivity contribution in [2.45, 2.75) is 25.3 Å². The van der Waals surface area contributed by atoms with E-state index in [1.165, 1.54) is 0 Å². The minimum Gasteiger partial charge on any atom is -0.353 e. The average molecular weight is 186 g/mol. The number of urea groups is 1. The summed E-state index contributed by atoms with van der Waals surface area (Å²) in [7, 11) is 0. The first-order valence-electron chi connectivity index (χ1n) is 4.26. The van der Waals surface area contributed by atoms with Gasteiger partial charge in [0.25, 0.3) is 0 Å². The van der Waals surface area contributed by atoms with Gasteiger partial charge in [0, 0.05) is 19.0 Å². The predicted molar refractivity (Wildman–Crippen MR) is 46.5 cm³/mol. The third-order valence-electron chi connectivity index (χ3n) is 1.71. The molecule has 0 atom stereocenters. The Bertz CT molecular complexity index is 203. The van der Waals surface area contributed by atoms with Crippen LogP contribution in [0.25, 0.3) is 0 Å². The number of hydrogen-bond donors (Lipinski definition) is 4. The van der Waals surface area contributed by atoms with Crippen molar-refractivity contribution in [3.8, 4) is 0 Å². The zero-order chi connectivity index (χ0) is 9.68. The molecule has 0 spiro atoms. The zero-order valence-corrected chi connectivity index (χ0v) is 7.30. The number of hydrazine groups is 1. The fourth-order valence-corrected chi connectivity index (χ4v) is 0.868. The number of carbonyl (C=O) groups is 2.